The molecule has 0 aromatic carbocycles. The highest BCUT2D eigenvalue weighted by molar-refractivity contribution is 4.99. The van der Waals surface area contributed by atoms with E-state index in [0.29, 0.717) is 0 Å². The summed E-state index contributed by atoms with van der Waals surface area (Å²) in [5.74, 6) is 0.904. The number of aromatic nitrogens is 2. The third-order valence-corrected chi connectivity index (χ3v) is 3.12. The lowest BCUT2D eigenvalue weighted by Gasteiger charge is -2.26. The van der Waals surface area contributed by atoms with E-state index in [0.717, 1.165) is 25.3 Å². The van der Waals surface area contributed by atoms with Crippen molar-refractivity contribution in [1.29, 1.82) is 0 Å². The van der Waals surface area contributed by atoms with Crippen LogP contribution < -0.4 is 5.73 Å². The monoisotopic (exact) mass is 193 g/mol. The average Bonchev–Trinajstić information content (AvgIpc) is 2.55. The molecule has 78 valence electrons. The number of imidazole rings is 1. The summed E-state index contributed by atoms with van der Waals surface area (Å²) < 4.78 is 2.31. The predicted octanol–water partition coefficient (Wildman–Crippen LogP) is 1.57. The second-order valence-corrected chi connectivity index (χ2v) is 4.23. The van der Waals surface area contributed by atoms with Gasteiger partial charge in [-0.05, 0) is 38.1 Å². The van der Waals surface area contributed by atoms with Gasteiger partial charge in [0.15, 0.2) is 0 Å². The minimum absolute atomic E-state index is 0.772. The predicted molar refractivity (Wildman–Crippen MR) is 56.9 cm³/mol. The topological polar surface area (TPSA) is 43.8 Å². The van der Waals surface area contributed by atoms with Crippen molar-refractivity contribution < 1.29 is 0 Å². The molecule has 1 fully saturated rings. The van der Waals surface area contributed by atoms with Crippen molar-refractivity contribution in [2.75, 3.05) is 6.54 Å². The van der Waals surface area contributed by atoms with Crippen molar-refractivity contribution in [2.24, 2.45) is 11.7 Å². The van der Waals surface area contributed by atoms with E-state index in [9.17, 15) is 0 Å². The van der Waals surface area contributed by atoms with Gasteiger partial charge in [0.1, 0.15) is 0 Å². The molecule has 1 aliphatic rings. The van der Waals surface area contributed by atoms with Crippen molar-refractivity contribution >= 4 is 0 Å². The zero-order valence-electron chi connectivity index (χ0n) is 8.65. The number of rotatable bonds is 5. The number of hydrogen-bond acceptors (Lipinski definition) is 2. The average molecular weight is 193 g/mol. The molecule has 0 unspecified atom stereocenters. The molecule has 2 N–H and O–H groups in total. The van der Waals surface area contributed by atoms with Crippen LogP contribution in [0.1, 0.15) is 31.4 Å². The first-order valence-corrected chi connectivity index (χ1v) is 5.59. The Morgan fingerprint density at radius 1 is 1.50 bits per heavy atom. The number of aryl methyl sites for hydroxylation is 1. The molecule has 2 rings (SSSR count). The van der Waals surface area contributed by atoms with Gasteiger partial charge in [-0.3, -0.25) is 0 Å². The Bertz CT molecular complexity index is 276. The van der Waals surface area contributed by atoms with Gasteiger partial charge in [-0.25, -0.2) is 4.98 Å². The van der Waals surface area contributed by atoms with Gasteiger partial charge >= 0.3 is 0 Å². The molecular weight excluding hydrogens is 174 g/mol. The first-order valence-electron chi connectivity index (χ1n) is 5.59. The Kier molecular flexibility index (Phi) is 3.19. The van der Waals surface area contributed by atoms with Gasteiger partial charge in [-0.1, -0.05) is 6.42 Å². The Morgan fingerprint density at radius 2 is 2.36 bits per heavy atom. The third-order valence-electron chi connectivity index (χ3n) is 3.12. The maximum absolute atomic E-state index is 5.50. The molecule has 0 bridgehead atoms. The molecule has 14 heavy (non-hydrogen) atoms. The largest absolute Gasteiger partial charge is 0.334 e. The Morgan fingerprint density at radius 3 is 3.00 bits per heavy atom. The minimum Gasteiger partial charge on any atom is -0.334 e. The van der Waals surface area contributed by atoms with Gasteiger partial charge < -0.3 is 10.3 Å². The second kappa shape index (κ2) is 4.60. The lowest BCUT2D eigenvalue weighted by Crippen LogP contribution is -2.19. The van der Waals surface area contributed by atoms with Gasteiger partial charge in [-0.2, -0.15) is 0 Å². The number of hydrogen-bond donors (Lipinski definition) is 1. The van der Waals surface area contributed by atoms with Crippen LogP contribution in [-0.4, -0.2) is 16.1 Å². The van der Waals surface area contributed by atoms with Crippen LogP contribution in [0.3, 0.4) is 0 Å². The third kappa shape index (κ3) is 2.15. The lowest BCUT2D eigenvalue weighted by atomic mass is 9.85. The summed E-state index contributed by atoms with van der Waals surface area (Å²) in [6, 6.07) is 0. The Balaban J connectivity index is 1.90. The summed E-state index contributed by atoms with van der Waals surface area (Å²) in [4.78, 5) is 4.21. The zero-order valence-corrected chi connectivity index (χ0v) is 8.65. The molecule has 0 atom stereocenters. The van der Waals surface area contributed by atoms with E-state index in [1.54, 1.807) is 0 Å². The van der Waals surface area contributed by atoms with Crippen molar-refractivity contribution in [3.8, 4) is 0 Å². The Hall–Kier alpha value is -0.830. The molecule has 0 amide bonds. The maximum Gasteiger partial charge on any atom is 0.0948 e. The summed E-state index contributed by atoms with van der Waals surface area (Å²) in [6.45, 7) is 1.94. The standard InChI is InChI=1S/C11H19N3/c12-6-2-5-11-7-13-9-14(11)8-10-3-1-4-10/h7,9-10H,1-6,8,12H2. The molecule has 0 saturated heterocycles. The highest BCUT2D eigenvalue weighted by atomic mass is 15.0. The van der Waals surface area contributed by atoms with E-state index in [2.05, 4.69) is 9.55 Å². The van der Waals surface area contributed by atoms with Crippen molar-refractivity contribution in [2.45, 2.75) is 38.6 Å². The summed E-state index contributed by atoms with van der Waals surface area (Å²) in [6.07, 6.45) is 10.3. The summed E-state index contributed by atoms with van der Waals surface area (Å²) in [5.41, 5.74) is 6.85. The van der Waals surface area contributed by atoms with E-state index in [-0.39, 0.29) is 0 Å². The molecule has 0 spiro atoms. The number of nitrogens with zero attached hydrogens (tertiary/aromatic N) is 2. The van der Waals surface area contributed by atoms with Crippen LogP contribution >= 0.6 is 0 Å². The first-order chi connectivity index (χ1) is 6.90. The van der Waals surface area contributed by atoms with Crippen LogP contribution in [0, 0.1) is 5.92 Å². The minimum atomic E-state index is 0.772. The lowest BCUT2D eigenvalue weighted by molar-refractivity contribution is 0.274. The SMILES string of the molecule is NCCCc1cncn1CC1CCC1. The van der Waals surface area contributed by atoms with E-state index in [4.69, 9.17) is 5.73 Å². The molecule has 1 aromatic rings. The molecule has 1 aliphatic carbocycles. The molecular formula is C11H19N3. The van der Waals surface area contributed by atoms with Crippen LogP contribution in [-0.2, 0) is 13.0 Å². The van der Waals surface area contributed by atoms with Crippen LogP contribution in [0.15, 0.2) is 12.5 Å². The van der Waals surface area contributed by atoms with Gasteiger partial charge in [0, 0.05) is 18.4 Å². The molecule has 0 aliphatic heterocycles. The summed E-state index contributed by atoms with van der Waals surface area (Å²) in [5, 5.41) is 0. The number of nitrogens with two attached hydrogens (primary N) is 1. The molecule has 3 heteroatoms. The van der Waals surface area contributed by atoms with Gasteiger partial charge in [0.25, 0.3) is 0 Å². The normalized spacial score (nSPS) is 16.9. The van der Waals surface area contributed by atoms with Crippen LogP contribution in [0.2, 0.25) is 0 Å². The van der Waals surface area contributed by atoms with Crippen LogP contribution in [0.4, 0.5) is 0 Å². The van der Waals surface area contributed by atoms with Gasteiger partial charge in [-0.15, -0.1) is 0 Å². The van der Waals surface area contributed by atoms with Gasteiger partial charge in [0.05, 0.1) is 6.33 Å². The van der Waals surface area contributed by atoms with E-state index in [1.807, 2.05) is 12.5 Å². The molecule has 3 nitrogen and oxygen atoms in total. The summed E-state index contributed by atoms with van der Waals surface area (Å²) >= 11 is 0. The first kappa shape index (κ1) is 9.71. The van der Waals surface area contributed by atoms with E-state index < -0.39 is 0 Å². The van der Waals surface area contributed by atoms with E-state index in [1.165, 1.54) is 31.5 Å². The van der Waals surface area contributed by atoms with Crippen molar-refractivity contribution in [3.63, 3.8) is 0 Å². The van der Waals surface area contributed by atoms with Crippen LogP contribution in [0.5, 0.6) is 0 Å². The smallest absolute Gasteiger partial charge is 0.0948 e. The quantitative estimate of drug-likeness (QED) is 0.771. The highest BCUT2D eigenvalue weighted by Gasteiger charge is 2.18. The fourth-order valence-electron chi connectivity index (χ4n) is 1.96. The second-order valence-electron chi connectivity index (χ2n) is 4.23. The van der Waals surface area contributed by atoms with Crippen molar-refractivity contribution in [1.82, 2.24) is 9.55 Å². The highest BCUT2D eigenvalue weighted by Crippen LogP contribution is 2.28. The summed E-state index contributed by atoms with van der Waals surface area (Å²) in [7, 11) is 0. The molecule has 1 aromatic heterocycles. The fourth-order valence-corrected chi connectivity index (χ4v) is 1.96. The molecule has 1 saturated carbocycles. The van der Waals surface area contributed by atoms with Crippen molar-refractivity contribution in [3.05, 3.63) is 18.2 Å². The van der Waals surface area contributed by atoms with Gasteiger partial charge in [0.2, 0.25) is 0 Å². The Labute approximate surface area is 85.3 Å². The van der Waals surface area contributed by atoms with Crippen LogP contribution in [0.25, 0.3) is 0 Å². The fraction of sp³-hybridized carbons (Fsp3) is 0.727. The van der Waals surface area contributed by atoms with E-state index >= 15 is 0 Å². The zero-order chi connectivity index (χ0) is 9.80. The molecule has 0 radical (unpaired) electrons. The molecule has 1 heterocycles. The maximum atomic E-state index is 5.50.